The van der Waals surface area contributed by atoms with E-state index in [9.17, 15) is 18.4 Å². The molecule has 4 heterocycles. The first kappa shape index (κ1) is 28.5. The number of carbonyl (C=O) groups is 2. The number of anilines is 1. The lowest BCUT2D eigenvalue weighted by Gasteiger charge is -2.10. The first-order chi connectivity index (χ1) is 19.6. The Hall–Kier alpha value is -4.00. The van der Waals surface area contributed by atoms with Gasteiger partial charge in [-0.2, -0.15) is 5.10 Å². The summed E-state index contributed by atoms with van der Waals surface area (Å²) in [6.45, 7) is 4.19. The average molecular weight is 620 g/mol. The fraction of sp³-hybridized carbons (Fsp3) is 0.185. The molecule has 0 spiro atoms. The van der Waals surface area contributed by atoms with Crippen LogP contribution in [-0.2, 0) is 13.2 Å². The highest BCUT2D eigenvalue weighted by atomic mass is 35.5. The minimum absolute atomic E-state index is 0.0365. The van der Waals surface area contributed by atoms with Gasteiger partial charge in [0, 0.05) is 23.2 Å². The van der Waals surface area contributed by atoms with E-state index >= 15 is 0 Å². The standard InChI is InChI=1S/C27H21Cl2F2N5O4S/c1-3-36-12(2)15(10-33-36)14-9-17(24(30)31)34-27-20(14)22(23(41-27)25(32)37)35-26(38)19-8-7-13(40-19)11-39-18-6-4-5-16(28)21(18)29/h4-10,24H,3,11H2,1-2H3,(H2,32,37)(H,35,38). The summed E-state index contributed by atoms with van der Waals surface area (Å²) in [5.41, 5.74) is 6.76. The number of benzene rings is 1. The van der Waals surface area contributed by atoms with E-state index in [1.54, 1.807) is 42.1 Å². The van der Waals surface area contributed by atoms with Crippen LogP contribution in [0, 0.1) is 6.92 Å². The predicted octanol–water partition coefficient (Wildman–Crippen LogP) is 7.26. The normalized spacial score (nSPS) is 11.4. The van der Waals surface area contributed by atoms with E-state index in [2.05, 4.69) is 15.4 Å². The number of aromatic nitrogens is 3. The number of carbonyl (C=O) groups excluding carboxylic acids is 2. The number of thiophene rings is 1. The minimum Gasteiger partial charge on any atom is -0.484 e. The summed E-state index contributed by atoms with van der Waals surface area (Å²) in [5.74, 6) is -1.01. The Morgan fingerprint density at radius 3 is 2.68 bits per heavy atom. The maximum Gasteiger partial charge on any atom is 0.291 e. The van der Waals surface area contributed by atoms with Gasteiger partial charge in [-0.05, 0) is 49.7 Å². The van der Waals surface area contributed by atoms with Gasteiger partial charge in [-0.15, -0.1) is 11.3 Å². The molecule has 0 bridgehead atoms. The van der Waals surface area contributed by atoms with Gasteiger partial charge >= 0.3 is 0 Å². The number of nitrogens with one attached hydrogen (secondary N) is 1. The molecule has 4 aromatic heterocycles. The highest BCUT2D eigenvalue weighted by Crippen LogP contribution is 2.43. The monoisotopic (exact) mass is 619 g/mol. The van der Waals surface area contributed by atoms with Crippen LogP contribution >= 0.6 is 34.5 Å². The molecule has 0 saturated heterocycles. The summed E-state index contributed by atoms with van der Waals surface area (Å²) in [4.78, 5) is 29.8. The van der Waals surface area contributed by atoms with E-state index in [0.29, 0.717) is 39.9 Å². The molecule has 9 nitrogen and oxygen atoms in total. The van der Waals surface area contributed by atoms with Gasteiger partial charge in [0.1, 0.15) is 38.5 Å². The third-order valence-corrected chi connectivity index (χ3v) is 8.13. The second-order valence-electron chi connectivity index (χ2n) is 8.77. The molecule has 3 N–H and O–H groups in total. The number of alkyl halides is 2. The van der Waals surface area contributed by atoms with Crippen molar-refractivity contribution >= 4 is 62.3 Å². The van der Waals surface area contributed by atoms with Crippen LogP contribution in [-0.4, -0.2) is 26.6 Å². The lowest BCUT2D eigenvalue weighted by atomic mass is 10.0. The molecule has 5 aromatic rings. The van der Waals surface area contributed by atoms with Crippen LogP contribution in [0.25, 0.3) is 21.3 Å². The van der Waals surface area contributed by atoms with Crippen LogP contribution in [0.2, 0.25) is 10.0 Å². The van der Waals surface area contributed by atoms with Crippen molar-refractivity contribution in [2.24, 2.45) is 5.73 Å². The summed E-state index contributed by atoms with van der Waals surface area (Å²) in [5, 5.41) is 7.84. The smallest absolute Gasteiger partial charge is 0.291 e. The molecule has 5 rings (SSSR count). The summed E-state index contributed by atoms with van der Waals surface area (Å²) in [6.07, 6.45) is -1.33. The van der Waals surface area contributed by atoms with E-state index in [1.807, 2.05) is 6.92 Å². The molecule has 0 saturated carbocycles. The van der Waals surface area contributed by atoms with Gasteiger partial charge in [-0.1, -0.05) is 29.3 Å². The van der Waals surface area contributed by atoms with E-state index in [0.717, 1.165) is 11.3 Å². The van der Waals surface area contributed by atoms with Crippen molar-refractivity contribution in [3.05, 3.63) is 80.4 Å². The number of ether oxygens (including phenoxy) is 1. The van der Waals surface area contributed by atoms with Crippen molar-refractivity contribution in [3.63, 3.8) is 0 Å². The van der Waals surface area contributed by atoms with Crippen molar-refractivity contribution in [2.75, 3.05) is 5.32 Å². The molecule has 2 amide bonds. The number of nitrogens with two attached hydrogens (primary N) is 1. The Bertz CT molecular complexity index is 1800. The predicted molar refractivity (Wildman–Crippen MR) is 152 cm³/mol. The van der Waals surface area contributed by atoms with E-state index in [4.69, 9.17) is 38.1 Å². The molecule has 0 aliphatic carbocycles. The minimum atomic E-state index is -2.87. The van der Waals surface area contributed by atoms with Crippen LogP contribution < -0.4 is 15.8 Å². The summed E-state index contributed by atoms with van der Waals surface area (Å²) >= 11 is 13.0. The zero-order valence-electron chi connectivity index (χ0n) is 21.5. The second-order valence-corrected chi connectivity index (χ2v) is 10.6. The number of primary amides is 1. The molecule has 41 heavy (non-hydrogen) atoms. The molecule has 14 heteroatoms. The van der Waals surface area contributed by atoms with Gasteiger partial charge in [0.25, 0.3) is 18.2 Å². The van der Waals surface area contributed by atoms with Crippen molar-refractivity contribution in [2.45, 2.75) is 33.4 Å². The van der Waals surface area contributed by atoms with Gasteiger partial charge in [0.2, 0.25) is 0 Å². The average Bonchev–Trinajstić information content (AvgIpc) is 3.66. The maximum atomic E-state index is 13.8. The van der Waals surface area contributed by atoms with Crippen LogP contribution in [0.1, 0.15) is 50.7 Å². The van der Waals surface area contributed by atoms with Crippen molar-refractivity contribution in [1.29, 1.82) is 0 Å². The number of amides is 2. The summed E-state index contributed by atoms with van der Waals surface area (Å²) in [6, 6.07) is 9.12. The van der Waals surface area contributed by atoms with E-state index in [1.165, 1.54) is 12.1 Å². The molecule has 1 aromatic carbocycles. The van der Waals surface area contributed by atoms with Crippen LogP contribution in [0.15, 0.2) is 47.0 Å². The van der Waals surface area contributed by atoms with Gasteiger partial charge in [0.05, 0.1) is 16.9 Å². The Morgan fingerprint density at radius 2 is 2.00 bits per heavy atom. The van der Waals surface area contributed by atoms with Gasteiger partial charge in [-0.3, -0.25) is 14.3 Å². The third kappa shape index (κ3) is 5.50. The largest absolute Gasteiger partial charge is 0.484 e. The zero-order chi connectivity index (χ0) is 29.4. The fourth-order valence-electron chi connectivity index (χ4n) is 4.26. The molecule has 0 radical (unpaired) electrons. The Balaban J connectivity index is 1.52. The number of furan rings is 1. The highest BCUT2D eigenvalue weighted by Gasteiger charge is 2.27. The van der Waals surface area contributed by atoms with E-state index < -0.39 is 23.9 Å². The third-order valence-electron chi connectivity index (χ3n) is 6.23. The lowest BCUT2D eigenvalue weighted by Crippen LogP contribution is -2.16. The van der Waals surface area contributed by atoms with E-state index in [-0.39, 0.29) is 38.2 Å². The number of rotatable bonds is 9. The molecule has 0 fully saturated rings. The topological polar surface area (TPSA) is 125 Å². The van der Waals surface area contributed by atoms with Gasteiger partial charge in [0.15, 0.2) is 5.76 Å². The van der Waals surface area contributed by atoms with Gasteiger partial charge in [-0.25, -0.2) is 13.8 Å². The van der Waals surface area contributed by atoms with Crippen LogP contribution in [0.4, 0.5) is 14.5 Å². The maximum absolute atomic E-state index is 13.8. The first-order valence-corrected chi connectivity index (χ1v) is 13.7. The quantitative estimate of drug-likeness (QED) is 0.179. The molecular formula is C27H21Cl2F2N5O4S. The number of nitrogens with zero attached hydrogens (tertiary/aromatic N) is 3. The molecular weight excluding hydrogens is 599 g/mol. The molecule has 0 aliphatic rings. The molecule has 0 unspecified atom stereocenters. The SMILES string of the molecule is CCn1ncc(-c2cc(C(F)F)nc3sc(C(N)=O)c(NC(=O)c4ccc(COc5cccc(Cl)c5Cl)o4)c23)c1C. The number of pyridine rings is 1. The van der Waals surface area contributed by atoms with Crippen molar-refractivity contribution < 1.29 is 27.5 Å². The molecule has 0 aliphatic heterocycles. The number of halogens is 4. The van der Waals surface area contributed by atoms with Crippen molar-refractivity contribution in [1.82, 2.24) is 14.8 Å². The number of hydrogen-bond donors (Lipinski definition) is 2. The second kappa shape index (κ2) is 11.5. The Labute approximate surface area is 245 Å². The Morgan fingerprint density at radius 1 is 1.22 bits per heavy atom. The zero-order valence-corrected chi connectivity index (χ0v) is 23.8. The Kier molecular flexibility index (Phi) is 7.98. The number of fused-ring (bicyclic) bond motifs is 1. The van der Waals surface area contributed by atoms with Crippen molar-refractivity contribution in [3.8, 4) is 16.9 Å². The summed E-state index contributed by atoms with van der Waals surface area (Å²) in [7, 11) is 0. The fourth-order valence-corrected chi connectivity index (χ4v) is 5.62. The highest BCUT2D eigenvalue weighted by molar-refractivity contribution is 7.21. The summed E-state index contributed by atoms with van der Waals surface area (Å²) < 4.78 is 40.6. The number of hydrogen-bond acceptors (Lipinski definition) is 7. The first-order valence-electron chi connectivity index (χ1n) is 12.1. The lowest BCUT2D eigenvalue weighted by molar-refractivity contribution is 0.0992. The molecule has 0 atom stereocenters. The van der Waals surface area contributed by atoms with Crippen LogP contribution in [0.5, 0.6) is 5.75 Å². The molecule has 212 valence electrons. The van der Waals surface area contributed by atoms with Gasteiger partial charge < -0.3 is 20.2 Å². The number of aryl methyl sites for hydroxylation is 1. The van der Waals surface area contributed by atoms with Crippen LogP contribution in [0.3, 0.4) is 0 Å².